The molecule has 0 unspecified atom stereocenters. The summed E-state index contributed by atoms with van der Waals surface area (Å²) in [5, 5.41) is 3.11. The Morgan fingerprint density at radius 1 is 1.40 bits per heavy atom. The van der Waals surface area contributed by atoms with E-state index in [9.17, 15) is 8.78 Å². The van der Waals surface area contributed by atoms with Crippen molar-refractivity contribution in [3.8, 4) is 0 Å². The van der Waals surface area contributed by atoms with Crippen LogP contribution >= 0.6 is 0 Å². The van der Waals surface area contributed by atoms with Gasteiger partial charge in [-0.15, -0.1) is 0 Å². The predicted octanol–water partition coefficient (Wildman–Crippen LogP) is 1.44. The highest BCUT2D eigenvalue weighted by atomic mass is 19.2. The SMILES string of the molecule is C[C@@H](CN)NCCc1cccc(F)c1F. The number of halogens is 2. The minimum absolute atomic E-state index is 0.196. The lowest BCUT2D eigenvalue weighted by atomic mass is 10.1. The monoisotopic (exact) mass is 214 g/mol. The first kappa shape index (κ1) is 12.1. The molecule has 0 bridgehead atoms. The minimum Gasteiger partial charge on any atom is -0.329 e. The van der Waals surface area contributed by atoms with Crippen LogP contribution in [0, 0.1) is 11.6 Å². The van der Waals surface area contributed by atoms with Gasteiger partial charge in [-0.25, -0.2) is 8.78 Å². The van der Waals surface area contributed by atoms with E-state index >= 15 is 0 Å². The van der Waals surface area contributed by atoms with E-state index in [1.165, 1.54) is 6.07 Å². The Labute approximate surface area is 88.5 Å². The third-order valence-corrected chi connectivity index (χ3v) is 2.27. The molecule has 0 aliphatic rings. The van der Waals surface area contributed by atoms with Crippen LogP contribution in [-0.4, -0.2) is 19.1 Å². The molecule has 0 saturated heterocycles. The van der Waals surface area contributed by atoms with Gasteiger partial charge in [0.05, 0.1) is 0 Å². The van der Waals surface area contributed by atoms with Crippen LogP contribution in [0.25, 0.3) is 0 Å². The predicted molar refractivity (Wildman–Crippen MR) is 56.6 cm³/mol. The quantitative estimate of drug-likeness (QED) is 0.778. The highest BCUT2D eigenvalue weighted by Gasteiger charge is 2.07. The van der Waals surface area contributed by atoms with Crippen molar-refractivity contribution in [1.82, 2.24) is 5.32 Å². The first-order valence-corrected chi connectivity index (χ1v) is 5.01. The number of nitrogens with one attached hydrogen (secondary N) is 1. The molecular weight excluding hydrogens is 198 g/mol. The molecule has 1 atom stereocenters. The topological polar surface area (TPSA) is 38.0 Å². The van der Waals surface area contributed by atoms with Crippen LogP contribution in [0.2, 0.25) is 0 Å². The Morgan fingerprint density at radius 2 is 2.13 bits per heavy atom. The Balaban J connectivity index is 2.47. The maximum absolute atomic E-state index is 13.2. The number of benzene rings is 1. The average molecular weight is 214 g/mol. The summed E-state index contributed by atoms with van der Waals surface area (Å²) in [6.07, 6.45) is 0.466. The smallest absolute Gasteiger partial charge is 0.162 e. The van der Waals surface area contributed by atoms with Crippen molar-refractivity contribution < 1.29 is 8.78 Å². The van der Waals surface area contributed by atoms with Crippen LogP contribution in [0.3, 0.4) is 0 Å². The van der Waals surface area contributed by atoms with Crippen LogP contribution < -0.4 is 11.1 Å². The average Bonchev–Trinajstić information content (AvgIpc) is 2.24. The number of rotatable bonds is 5. The lowest BCUT2D eigenvalue weighted by molar-refractivity contribution is 0.492. The van der Waals surface area contributed by atoms with Crippen LogP contribution in [0.4, 0.5) is 8.78 Å². The molecule has 0 aromatic heterocycles. The Bertz CT molecular complexity index is 315. The van der Waals surface area contributed by atoms with Gasteiger partial charge in [-0.05, 0) is 31.5 Å². The van der Waals surface area contributed by atoms with Gasteiger partial charge in [-0.2, -0.15) is 0 Å². The van der Waals surface area contributed by atoms with Gasteiger partial charge in [0.15, 0.2) is 11.6 Å². The summed E-state index contributed by atoms with van der Waals surface area (Å²) in [5.41, 5.74) is 5.80. The van der Waals surface area contributed by atoms with Gasteiger partial charge in [0.25, 0.3) is 0 Å². The summed E-state index contributed by atoms with van der Waals surface area (Å²) in [4.78, 5) is 0. The fourth-order valence-electron chi connectivity index (χ4n) is 1.28. The molecule has 0 aliphatic carbocycles. The second kappa shape index (κ2) is 5.78. The van der Waals surface area contributed by atoms with Crippen molar-refractivity contribution in [1.29, 1.82) is 0 Å². The van der Waals surface area contributed by atoms with Crippen molar-refractivity contribution in [2.45, 2.75) is 19.4 Å². The largest absolute Gasteiger partial charge is 0.329 e. The van der Waals surface area contributed by atoms with Crippen LogP contribution in [0.15, 0.2) is 18.2 Å². The van der Waals surface area contributed by atoms with Gasteiger partial charge in [-0.3, -0.25) is 0 Å². The maximum Gasteiger partial charge on any atom is 0.162 e. The van der Waals surface area contributed by atoms with E-state index < -0.39 is 11.6 Å². The third-order valence-electron chi connectivity index (χ3n) is 2.27. The van der Waals surface area contributed by atoms with E-state index in [-0.39, 0.29) is 6.04 Å². The van der Waals surface area contributed by atoms with Gasteiger partial charge < -0.3 is 11.1 Å². The zero-order valence-electron chi connectivity index (χ0n) is 8.76. The maximum atomic E-state index is 13.2. The molecule has 84 valence electrons. The molecule has 0 radical (unpaired) electrons. The van der Waals surface area contributed by atoms with E-state index in [1.807, 2.05) is 6.92 Å². The summed E-state index contributed by atoms with van der Waals surface area (Å²) >= 11 is 0. The van der Waals surface area contributed by atoms with Crippen molar-refractivity contribution in [2.75, 3.05) is 13.1 Å². The first-order valence-electron chi connectivity index (χ1n) is 5.01. The lowest BCUT2D eigenvalue weighted by Gasteiger charge is -2.11. The first-order chi connectivity index (χ1) is 7.15. The van der Waals surface area contributed by atoms with Crippen LogP contribution in [-0.2, 0) is 6.42 Å². The summed E-state index contributed by atoms with van der Waals surface area (Å²) in [6.45, 7) is 3.08. The summed E-state index contributed by atoms with van der Waals surface area (Å²) in [5.74, 6) is -1.54. The number of hydrogen-bond acceptors (Lipinski definition) is 2. The van der Waals surface area contributed by atoms with E-state index in [2.05, 4.69) is 5.32 Å². The van der Waals surface area contributed by atoms with Crippen molar-refractivity contribution >= 4 is 0 Å². The zero-order valence-corrected chi connectivity index (χ0v) is 8.76. The highest BCUT2D eigenvalue weighted by molar-refractivity contribution is 5.19. The standard InChI is InChI=1S/C11H16F2N2/c1-8(7-14)15-6-5-9-3-2-4-10(12)11(9)13/h2-4,8,15H,5-7,14H2,1H3/t8-/m0/s1. The molecular formula is C11H16F2N2. The van der Waals surface area contributed by atoms with Gasteiger partial charge in [-0.1, -0.05) is 12.1 Å². The Hall–Kier alpha value is -1.00. The minimum atomic E-state index is -0.792. The fourth-order valence-corrected chi connectivity index (χ4v) is 1.28. The number of hydrogen-bond donors (Lipinski definition) is 2. The molecule has 4 heteroatoms. The zero-order chi connectivity index (χ0) is 11.3. The van der Waals surface area contributed by atoms with Crippen molar-refractivity contribution in [2.24, 2.45) is 5.73 Å². The lowest BCUT2D eigenvalue weighted by Crippen LogP contribution is -2.34. The molecule has 0 heterocycles. The summed E-state index contributed by atoms with van der Waals surface area (Å²) in [7, 11) is 0. The second-order valence-corrected chi connectivity index (χ2v) is 3.55. The Kier molecular flexibility index (Phi) is 4.65. The summed E-state index contributed by atoms with van der Waals surface area (Å²) in [6, 6.07) is 4.42. The molecule has 0 amide bonds. The van der Waals surface area contributed by atoms with Gasteiger partial charge in [0.1, 0.15) is 0 Å². The van der Waals surface area contributed by atoms with E-state index in [4.69, 9.17) is 5.73 Å². The number of nitrogens with two attached hydrogens (primary N) is 1. The normalized spacial score (nSPS) is 12.8. The molecule has 1 aromatic carbocycles. The molecule has 15 heavy (non-hydrogen) atoms. The van der Waals surface area contributed by atoms with Crippen molar-refractivity contribution in [3.63, 3.8) is 0 Å². The van der Waals surface area contributed by atoms with E-state index in [0.717, 1.165) is 6.07 Å². The molecule has 0 aliphatic heterocycles. The molecule has 1 rings (SSSR count). The molecule has 2 nitrogen and oxygen atoms in total. The summed E-state index contributed by atoms with van der Waals surface area (Å²) < 4.78 is 26.0. The molecule has 1 aromatic rings. The van der Waals surface area contributed by atoms with Gasteiger partial charge >= 0.3 is 0 Å². The van der Waals surface area contributed by atoms with Crippen LogP contribution in [0.1, 0.15) is 12.5 Å². The van der Waals surface area contributed by atoms with Crippen LogP contribution in [0.5, 0.6) is 0 Å². The van der Waals surface area contributed by atoms with Crippen molar-refractivity contribution in [3.05, 3.63) is 35.4 Å². The molecule has 0 fully saturated rings. The highest BCUT2D eigenvalue weighted by Crippen LogP contribution is 2.11. The Morgan fingerprint density at radius 3 is 2.80 bits per heavy atom. The van der Waals surface area contributed by atoms with Gasteiger partial charge in [0, 0.05) is 12.6 Å². The molecule has 3 N–H and O–H groups in total. The molecule has 0 saturated carbocycles. The van der Waals surface area contributed by atoms with E-state index in [1.54, 1.807) is 6.07 Å². The second-order valence-electron chi connectivity index (χ2n) is 3.55. The van der Waals surface area contributed by atoms with Gasteiger partial charge in [0.2, 0.25) is 0 Å². The fraction of sp³-hybridized carbons (Fsp3) is 0.455. The van der Waals surface area contributed by atoms with E-state index in [0.29, 0.717) is 25.1 Å². The molecule has 0 spiro atoms. The third kappa shape index (κ3) is 3.57.